The summed E-state index contributed by atoms with van der Waals surface area (Å²) in [5, 5.41) is 2.40. The minimum atomic E-state index is -0.500. The Kier molecular flexibility index (Phi) is 13.8. The van der Waals surface area contributed by atoms with Crippen molar-refractivity contribution in [3.05, 3.63) is 0 Å². The molecule has 1 N–H and O–H groups in total. The van der Waals surface area contributed by atoms with Crippen LogP contribution in [-0.4, -0.2) is 37.5 Å². The number of esters is 1. The summed E-state index contributed by atoms with van der Waals surface area (Å²) in [6, 6.07) is -0.500. The minimum Gasteiger partial charge on any atom is -0.467 e. The molecule has 0 saturated heterocycles. The summed E-state index contributed by atoms with van der Waals surface area (Å²) in [6.07, 6.45) is 3.06. The third-order valence-corrected chi connectivity index (χ3v) is 2.01. The van der Waals surface area contributed by atoms with Crippen LogP contribution in [0, 0.1) is 0 Å². The van der Waals surface area contributed by atoms with Crippen molar-refractivity contribution in [2.24, 2.45) is 0 Å². The first-order valence-electron chi connectivity index (χ1n) is 4.52. The fourth-order valence-electron chi connectivity index (χ4n) is 0.729. The van der Waals surface area contributed by atoms with Gasteiger partial charge >= 0.3 is 5.97 Å². The summed E-state index contributed by atoms with van der Waals surface area (Å²) in [7, 11) is 1.31. The number of carbonyl (C=O) groups is 2. The smallest absolute Gasteiger partial charge is 0.328 e. The lowest BCUT2D eigenvalue weighted by molar-refractivity contribution is -0.144. The second-order valence-corrected chi connectivity index (χ2v) is 3.13. The van der Waals surface area contributed by atoms with Gasteiger partial charge < -0.3 is 10.1 Å². The third kappa shape index (κ3) is 7.91. The van der Waals surface area contributed by atoms with Gasteiger partial charge in [-0.05, 0) is 18.4 Å². The van der Waals surface area contributed by atoms with Gasteiger partial charge in [0.15, 0.2) is 0 Å². The van der Waals surface area contributed by atoms with Crippen LogP contribution in [0.1, 0.15) is 20.3 Å². The quantitative estimate of drug-likeness (QED) is 0.538. The molecule has 1 atom stereocenters. The molecule has 0 rings (SSSR count). The number of hydrogen-bond acceptors (Lipinski definition) is 4. The Hall–Kier alpha value is -0.710. The number of amides is 1. The molecule has 5 heteroatoms. The van der Waals surface area contributed by atoms with Crippen LogP contribution < -0.4 is 5.32 Å². The molecule has 0 spiro atoms. The second kappa shape index (κ2) is 12.3. The Bertz CT molecular complexity index is 153. The minimum absolute atomic E-state index is 0.392. The molecule has 0 aromatic heterocycles. The van der Waals surface area contributed by atoms with Crippen molar-refractivity contribution in [1.29, 1.82) is 0 Å². The molecule has 0 aromatic carbocycles. The van der Waals surface area contributed by atoms with E-state index in [1.807, 2.05) is 20.1 Å². The van der Waals surface area contributed by atoms with E-state index >= 15 is 0 Å². The number of thioether (sulfide) groups is 1. The largest absolute Gasteiger partial charge is 0.467 e. The normalized spacial score (nSPS) is 10.6. The van der Waals surface area contributed by atoms with Gasteiger partial charge in [0.25, 0.3) is 0 Å². The molecule has 1 amide bonds. The van der Waals surface area contributed by atoms with Crippen molar-refractivity contribution in [3.63, 3.8) is 0 Å². The molecule has 0 heterocycles. The SMILES string of the molecule is CC.COC(=O)C(CCSC)NC=O. The van der Waals surface area contributed by atoms with Crippen LogP contribution in [0.4, 0.5) is 0 Å². The number of rotatable bonds is 6. The average Bonchev–Trinajstić information content (AvgIpc) is 2.26. The molecule has 14 heavy (non-hydrogen) atoms. The lowest BCUT2D eigenvalue weighted by atomic mass is 10.2. The maximum atomic E-state index is 11.0. The molecule has 0 radical (unpaired) electrons. The lowest BCUT2D eigenvalue weighted by Gasteiger charge is -2.11. The molecule has 84 valence electrons. The second-order valence-electron chi connectivity index (χ2n) is 2.14. The highest BCUT2D eigenvalue weighted by molar-refractivity contribution is 7.98. The highest BCUT2D eigenvalue weighted by Crippen LogP contribution is 2.01. The average molecular weight is 221 g/mol. The molecule has 0 aliphatic carbocycles. The molecule has 0 aliphatic rings. The number of carbonyl (C=O) groups excluding carboxylic acids is 2. The number of nitrogens with one attached hydrogen (secondary N) is 1. The van der Waals surface area contributed by atoms with Gasteiger partial charge in [-0.15, -0.1) is 0 Å². The molecule has 0 saturated carbocycles. The van der Waals surface area contributed by atoms with E-state index in [0.29, 0.717) is 12.8 Å². The summed E-state index contributed by atoms with van der Waals surface area (Å²) in [6.45, 7) is 4.00. The zero-order valence-electron chi connectivity index (χ0n) is 9.20. The first kappa shape index (κ1) is 15.7. The Balaban J connectivity index is 0. The fourth-order valence-corrected chi connectivity index (χ4v) is 1.20. The van der Waals surface area contributed by atoms with Crippen LogP contribution in [-0.2, 0) is 14.3 Å². The van der Waals surface area contributed by atoms with Crippen LogP contribution in [0.2, 0.25) is 0 Å². The molecule has 0 aromatic rings. The van der Waals surface area contributed by atoms with Crippen LogP contribution in [0.3, 0.4) is 0 Å². The predicted octanol–water partition coefficient (Wildman–Crippen LogP) is 1.05. The Morgan fingerprint density at radius 3 is 2.50 bits per heavy atom. The first-order valence-corrected chi connectivity index (χ1v) is 5.92. The highest BCUT2D eigenvalue weighted by atomic mass is 32.2. The standard InChI is InChI=1S/C7H13NO3S.C2H6/c1-11-7(10)6(8-5-9)3-4-12-2;1-2/h5-6H,3-4H2,1-2H3,(H,8,9);1-2H3. The molecule has 0 aliphatic heterocycles. The van der Waals surface area contributed by atoms with E-state index < -0.39 is 12.0 Å². The summed E-state index contributed by atoms with van der Waals surface area (Å²) < 4.78 is 4.49. The van der Waals surface area contributed by atoms with Gasteiger partial charge in [0.1, 0.15) is 6.04 Å². The van der Waals surface area contributed by atoms with Crippen molar-refractivity contribution >= 4 is 24.1 Å². The number of hydrogen-bond donors (Lipinski definition) is 1. The van der Waals surface area contributed by atoms with E-state index in [-0.39, 0.29) is 0 Å². The van der Waals surface area contributed by atoms with Crippen LogP contribution >= 0.6 is 11.8 Å². The van der Waals surface area contributed by atoms with Gasteiger partial charge in [-0.3, -0.25) is 4.79 Å². The van der Waals surface area contributed by atoms with Gasteiger partial charge in [-0.25, -0.2) is 4.79 Å². The monoisotopic (exact) mass is 221 g/mol. The lowest BCUT2D eigenvalue weighted by Crippen LogP contribution is -2.37. The molecule has 1 unspecified atom stereocenters. The predicted molar refractivity (Wildman–Crippen MR) is 59.4 cm³/mol. The summed E-state index contributed by atoms with van der Waals surface area (Å²) in [4.78, 5) is 21.0. The third-order valence-electron chi connectivity index (χ3n) is 1.37. The zero-order chi connectivity index (χ0) is 11.4. The summed E-state index contributed by atoms with van der Waals surface area (Å²) >= 11 is 1.62. The van der Waals surface area contributed by atoms with Gasteiger partial charge in [-0.2, -0.15) is 11.8 Å². The van der Waals surface area contributed by atoms with Gasteiger partial charge in [-0.1, -0.05) is 13.8 Å². The van der Waals surface area contributed by atoms with Crippen molar-refractivity contribution < 1.29 is 14.3 Å². The van der Waals surface area contributed by atoms with E-state index in [9.17, 15) is 9.59 Å². The molecule has 0 fully saturated rings. The first-order chi connectivity index (χ1) is 6.76. The number of ether oxygens (including phenoxy) is 1. The molecular weight excluding hydrogens is 202 g/mol. The van der Waals surface area contributed by atoms with Gasteiger partial charge in [0.2, 0.25) is 6.41 Å². The topological polar surface area (TPSA) is 55.4 Å². The van der Waals surface area contributed by atoms with Gasteiger partial charge in [0.05, 0.1) is 7.11 Å². The molecular formula is C9H19NO3S. The van der Waals surface area contributed by atoms with E-state index in [4.69, 9.17) is 0 Å². The maximum absolute atomic E-state index is 11.0. The Morgan fingerprint density at radius 2 is 2.14 bits per heavy atom. The highest BCUT2D eigenvalue weighted by Gasteiger charge is 2.16. The van der Waals surface area contributed by atoms with Crippen molar-refractivity contribution in [2.75, 3.05) is 19.1 Å². The zero-order valence-corrected chi connectivity index (χ0v) is 10.0. The van der Waals surface area contributed by atoms with E-state index in [0.717, 1.165) is 5.75 Å². The van der Waals surface area contributed by atoms with Crippen molar-refractivity contribution in [3.8, 4) is 0 Å². The maximum Gasteiger partial charge on any atom is 0.328 e. The Morgan fingerprint density at radius 1 is 1.57 bits per heavy atom. The Labute approximate surface area is 89.8 Å². The van der Waals surface area contributed by atoms with Crippen LogP contribution in [0.5, 0.6) is 0 Å². The van der Waals surface area contributed by atoms with E-state index in [1.165, 1.54) is 7.11 Å². The summed E-state index contributed by atoms with van der Waals surface area (Å²) in [5.41, 5.74) is 0. The molecule has 0 bridgehead atoms. The van der Waals surface area contributed by atoms with Crippen LogP contribution in [0.15, 0.2) is 0 Å². The van der Waals surface area contributed by atoms with Crippen LogP contribution in [0.25, 0.3) is 0 Å². The molecule has 4 nitrogen and oxygen atoms in total. The van der Waals surface area contributed by atoms with E-state index in [1.54, 1.807) is 11.8 Å². The fraction of sp³-hybridized carbons (Fsp3) is 0.778. The summed E-state index contributed by atoms with van der Waals surface area (Å²) in [5.74, 6) is 0.428. The number of methoxy groups -OCH3 is 1. The van der Waals surface area contributed by atoms with Gasteiger partial charge in [0, 0.05) is 0 Å². The van der Waals surface area contributed by atoms with Crippen molar-refractivity contribution in [2.45, 2.75) is 26.3 Å². The van der Waals surface area contributed by atoms with E-state index in [2.05, 4.69) is 10.1 Å². The van der Waals surface area contributed by atoms with Crippen molar-refractivity contribution in [1.82, 2.24) is 5.32 Å².